The van der Waals surface area contributed by atoms with Gasteiger partial charge in [-0.2, -0.15) is 0 Å². The molecule has 0 bridgehead atoms. The molecule has 2 rings (SSSR count). The average Bonchev–Trinajstić information content (AvgIpc) is 3.32. The number of methoxy groups -OCH3 is 2. The largest absolute Gasteiger partial charge is 0.493 e. The van der Waals surface area contributed by atoms with Gasteiger partial charge in [-0.25, -0.2) is 0 Å². The molecule has 1 heterocycles. The summed E-state index contributed by atoms with van der Waals surface area (Å²) >= 11 is 1.70. The predicted octanol–water partition coefficient (Wildman–Crippen LogP) is 5.48. The van der Waals surface area contributed by atoms with Crippen molar-refractivity contribution in [2.24, 2.45) is 0 Å². The fourth-order valence-corrected chi connectivity index (χ4v) is 5.00. The number of unbranched alkanes of at least 4 members (excludes halogenated alkanes) is 2. The van der Waals surface area contributed by atoms with Crippen LogP contribution in [0.25, 0.3) is 0 Å². The van der Waals surface area contributed by atoms with Crippen LogP contribution in [0.4, 0.5) is 0 Å². The van der Waals surface area contributed by atoms with E-state index in [-0.39, 0.29) is 18.4 Å². The molecule has 1 aromatic carbocycles. The monoisotopic (exact) mass is 532 g/mol. The number of benzene rings is 1. The fourth-order valence-electron chi connectivity index (χ4n) is 4.09. The Hall–Kier alpha value is -2.58. The molecule has 2 aromatic rings. The van der Waals surface area contributed by atoms with E-state index in [1.54, 1.807) is 30.5 Å². The summed E-state index contributed by atoms with van der Waals surface area (Å²) in [6.07, 6.45) is 4.79. The van der Waals surface area contributed by atoms with Gasteiger partial charge in [-0.1, -0.05) is 25.8 Å². The van der Waals surface area contributed by atoms with Crippen LogP contribution in [0, 0.1) is 6.92 Å². The Morgan fingerprint density at radius 2 is 1.68 bits per heavy atom. The van der Waals surface area contributed by atoms with E-state index in [4.69, 9.17) is 14.2 Å². The SMILES string of the molecule is CCCCCC(=O)N(CCCOCC)CC(=O)N(CCc1ccc(OC)c(OC)c1)Cc1ccc(C)s1. The molecule has 8 heteroatoms. The normalized spacial score (nSPS) is 10.8. The van der Waals surface area contributed by atoms with E-state index in [2.05, 4.69) is 26.0 Å². The van der Waals surface area contributed by atoms with Crippen molar-refractivity contribution in [2.75, 3.05) is 47.1 Å². The van der Waals surface area contributed by atoms with Gasteiger partial charge in [-0.3, -0.25) is 9.59 Å². The Morgan fingerprint density at radius 3 is 2.32 bits per heavy atom. The highest BCUT2D eigenvalue weighted by atomic mass is 32.1. The molecule has 0 aliphatic rings. The maximum atomic E-state index is 13.6. The highest BCUT2D eigenvalue weighted by Crippen LogP contribution is 2.28. The molecule has 0 unspecified atom stereocenters. The molecule has 0 saturated heterocycles. The van der Waals surface area contributed by atoms with Crippen LogP contribution < -0.4 is 9.47 Å². The standard InChI is InChI=1S/C29H44N2O5S/c1-6-8-9-11-28(32)30(17-10-19-36-7-2)22-29(33)31(21-25-14-12-23(3)37-25)18-16-24-13-15-26(34-4)27(20-24)35-5/h12-15,20H,6-11,16-19,21-22H2,1-5H3. The first-order valence-corrected chi connectivity index (χ1v) is 14.1. The van der Waals surface area contributed by atoms with Gasteiger partial charge in [-0.15, -0.1) is 11.3 Å². The van der Waals surface area contributed by atoms with Gasteiger partial charge in [0.1, 0.15) is 0 Å². The number of nitrogens with zero attached hydrogens (tertiary/aromatic N) is 2. The van der Waals surface area contributed by atoms with Gasteiger partial charge < -0.3 is 24.0 Å². The smallest absolute Gasteiger partial charge is 0.242 e. The minimum atomic E-state index is -0.0354. The van der Waals surface area contributed by atoms with E-state index in [1.165, 1.54) is 4.88 Å². The zero-order valence-electron chi connectivity index (χ0n) is 23.2. The summed E-state index contributed by atoms with van der Waals surface area (Å²) in [5.41, 5.74) is 1.06. The zero-order chi connectivity index (χ0) is 27.0. The van der Waals surface area contributed by atoms with E-state index in [0.717, 1.165) is 36.1 Å². The Balaban J connectivity index is 2.14. The summed E-state index contributed by atoms with van der Waals surface area (Å²) in [6, 6.07) is 9.99. The molecule has 1 aromatic heterocycles. The zero-order valence-corrected chi connectivity index (χ0v) is 24.0. The second-order valence-electron chi connectivity index (χ2n) is 9.09. The van der Waals surface area contributed by atoms with Crippen molar-refractivity contribution in [3.05, 3.63) is 45.6 Å². The van der Waals surface area contributed by atoms with E-state index >= 15 is 0 Å². The van der Waals surface area contributed by atoms with Crippen molar-refractivity contribution in [3.8, 4) is 11.5 Å². The lowest BCUT2D eigenvalue weighted by Gasteiger charge is -2.28. The summed E-state index contributed by atoms with van der Waals surface area (Å²) in [5, 5.41) is 0. The van der Waals surface area contributed by atoms with Crippen molar-refractivity contribution in [1.82, 2.24) is 9.80 Å². The lowest BCUT2D eigenvalue weighted by molar-refractivity contribution is -0.141. The average molecular weight is 533 g/mol. The summed E-state index contributed by atoms with van der Waals surface area (Å²) < 4.78 is 16.3. The quantitative estimate of drug-likeness (QED) is 0.238. The molecule has 0 N–H and O–H groups in total. The molecule has 206 valence electrons. The maximum Gasteiger partial charge on any atom is 0.242 e. The predicted molar refractivity (Wildman–Crippen MR) is 150 cm³/mol. The van der Waals surface area contributed by atoms with Crippen LogP contribution >= 0.6 is 11.3 Å². The highest BCUT2D eigenvalue weighted by Gasteiger charge is 2.22. The van der Waals surface area contributed by atoms with Crippen LogP contribution in [-0.4, -0.2) is 68.7 Å². The second kappa shape index (κ2) is 17.0. The van der Waals surface area contributed by atoms with Crippen LogP contribution in [0.2, 0.25) is 0 Å². The summed E-state index contributed by atoms with van der Waals surface area (Å²) in [7, 11) is 3.23. The Bertz CT molecular complexity index is 962. The number of carbonyl (C=O) groups is 2. The lowest BCUT2D eigenvalue weighted by atomic mass is 10.1. The molecular weight excluding hydrogens is 488 g/mol. The Labute approximate surface area is 226 Å². The van der Waals surface area contributed by atoms with Crippen molar-refractivity contribution < 1.29 is 23.8 Å². The summed E-state index contributed by atoms with van der Waals surface area (Å²) in [4.78, 5) is 32.5. The van der Waals surface area contributed by atoms with Gasteiger partial charge >= 0.3 is 0 Å². The molecule has 0 saturated carbocycles. The number of aryl methyl sites for hydroxylation is 1. The third-order valence-corrected chi connectivity index (χ3v) is 7.19. The molecule has 0 aliphatic heterocycles. The number of hydrogen-bond donors (Lipinski definition) is 0. The first-order valence-electron chi connectivity index (χ1n) is 13.3. The third-order valence-electron chi connectivity index (χ3n) is 6.21. The summed E-state index contributed by atoms with van der Waals surface area (Å²) in [5.74, 6) is 1.36. The van der Waals surface area contributed by atoms with Crippen LogP contribution in [0.3, 0.4) is 0 Å². The van der Waals surface area contributed by atoms with E-state index in [1.807, 2.05) is 30.0 Å². The van der Waals surface area contributed by atoms with Crippen molar-refractivity contribution in [3.63, 3.8) is 0 Å². The first kappa shape index (κ1) is 30.6. The summed E-state index contributed by atoms with van der Waals surface area (Å²) in [6.45, 7) is 9.07. The van der Waals surface area contributed by atoms with Crippen LogP contribution in [0.5, 0.6) is 11.5 Å². The Morgan fingerprint density at radius 1 is 0.892 bits per heavy atom. The highest BCUT2D eigenvalue weighted by molar-refractivity contribution is 7.11. The molecule has 37 heavy (non-hydrogen) atoms. The molecule has 7 nitrogen and oxygen atoms in total. The van der Waals surface area contributed by atoms with E-state index in [9.17, 15) is 9.59 Å². The Kier molecular flexibility index (Phi) is 14.1. The molecular formula is C29H44N2O5S. The van der Waals surface area contributed by atoms with Crippen molar-refractivity contribution in [1.29, 1.82) is 0 Å². The number of carbonyl (C=O) groups excluding carboxylic acids is 2. The van der Waals surface area contributed by atoms with Gasteiger partial charge in [0.15, 0.2) is 11.5 Å². The van der Waals surface area contributed by atoms with E-state index in [0.29, 0.717) is 57.2 Å². The molecule has 2 amide bonds. The van der Waals surface area contributed by atoms with Crippen molar-refractivity contribution in [2.45, 2.75) is 65.8 Å². The molecule has 0 spiro atoms. The van der Waals surface area contributed by atoms with Gasteiger partial charge in [0.05, 0.1) is 27.3 Å². The fraction of sp³-hybridized carbons (Fsp3) is 0.586. The third kappa shape index (κ3) is 10.7. The van der Waals surface area contributed by atoms with Crippen LogP contribution in [0.15, 0.2) is 30.3 Å². The number of ether oxygens (including phenoxy) is 3. The van der Waals surface area contributed by atoms with Crippen LogP contribution in [0.1, 0.15) is 61.3 Å². The minimum Gasteiger partial charge on any atom is -0.493 e. The topological polar surface area (TPSA) is 68.3 Å². The van der Waals surface area contributed by atoms with Gasteiger partial charge in [0, 0.05) is 42.5 Å². The van der Waals surface area contributed by atoms with E-state index < -0.39 is 0 Å². The molecule has 0 atom stereocenters. The lowest BCUT2D eigenvalue weighted by Crippen LogP contribution is -2.43. The molecule has 0 radical (unpaired) electrons. The first-order chi connectivity index (χ1) is 17.9. The number of thiophene rings is 1. The van der Waals surface area contributed by atoms with Gasteiger partial charge in [-0.05, 0) is 62.9 Å². The molecule has 0 fully saturated rings. The van der Waals surface area contributed by atoms with Crippen molar-refractivity contribution >= 4 is 23.2 Å². The second-order valence-corrected chi connectivity index (χ2v) is 10.5. The maximum absolute atomic E-state index is 13.6. The van der Waals surface area contributed by atoms with Gasteiger partial charge in [0.25, 0.3) is 0 Å². The number of rotatable bonds is 18. The van der Waals surface area contributed by atoms with Crippen LogP contribution in [-0.2, 0) is 27.3 Å². The number of hydrogen-bond acceptors (Lipinski definition) is 6. The van der Waals surface area contributed by atoms with Gasteiger partial charge in [0.2, 0.25) is 11.8 Å². The molecule has 0 aliphatic carbocycles. The minimum absolute atomic E-state index is 0.0354. The number of amides is 2.